The van der Waals surface area contributed by atoms with Crippen LogP contribution in [-0.2, 0) is 5.41 Å². The molecule has 0 spiro atoms. The summed E-state index contributed by atoms with van der Waals surface area (Å²) in [6.07, 6.45) is 3.69. The molecule has 1 saturated carbocycles. The average molecular weight is 506 g/mol. The number of hydrogen-bond acceptors (Lipinski definition) is 5. The summed E-state index contributed by atoms with van der Waals surface area (Å²) >= 11 is 0. The van der Waals surface area contributed by atoms with Crippen molar-refractivity contribution < 1.29 is 23.0 Å². The second-order valence-corrected chi connectivity index (χ2v) is 9.74. The Balaban J connectivity index is 1.74. The fraction of sp³-hybridized carbons (Fsp3) is 0.379. The van der Waals surface area contributed by atoms with E-state index in [1.54, 1.807) is 18.3 Å². The standard InChI is InChI=1S/C29H29F2N3O3/c1-5-7-26(31)37-25-14-19(13-24(36-4)28(25)23(35)9-6-8-18-12-21(18)30)22-16-33-27-15-20(10-11-34(22)27)29(2,3)17-32/h7,10-11,13-16,18,21,26H,1,6,8-9,12H2,2-4H3/t18-,21-,26?/m0/s1. The normalized spacial score (nSPS) is 17.5. The number of carbonyl (C=O) groups excluding carboxylic acids is 1. The Morgan fingerprint density at radius 1 is 1.38 bits per heavy atom. The Bertz CT molecular complexity index is 1420. The molecule has 8 heteroatoms. The van der Waals surface area contributed by atoms with Crippen molar-refractivity contribution in [2.75, 3.05) is 7.11 Å². The second kappa shape index (κ2) is 10.6. The van der Waals surface area contributed by atoms with Crippen molar-refractivity contribution in [2.24, 2.45) is 5.92 Å². The van der Waals surface area contributed by atoms with E-state index < -0.39 is 17.9 Å². The zero-order valence-electron chi connectivity index (χ0n) is 21.1. The summed E-state index contributed by atoms with van der Waals surface area (Å²) in [7, 11) is 1.43. The highest BCUT2D eigenvalue weighted by Crippen LogP contribution is 2.40. The summed E-state index contributed by atoms with van der Waals surface area (Å²) in [6.45, 7) is 7.03. The largest absolute Gasteiger partial charge is 0.496 e. The van der Waals surface area contributed by atoms with Gasteiger partial charge in [0, 0.05) is 24.3 Å². The second-order valence-electron chi connectivity index (χ2n) is 9.74. The van der Waals surface area contributed by atoms with Gasteiger partial charge in [-0.2, -0.15) is 9.65 Å². The van der Waals surface area contributed by atoms with E-state index in [-0.39, 0.29) is 35.2 Å². The van der Waals surface area contributed by atoms with E-state index in [1.807, 2.05) is 36.6 Å². The van der Waals surface area contributed by atoms with Crippen molar-refractivity contribution in [1.29, 1.82) is 5.26 Å². The maximum atomic E-state index is 14.5. The van der Waals surface area contributed by atoms with Crippen molar-refractivity contribution in [1.82, 2.24) is 9.38 Å². The number of carbonyl (C=O) groups is 1. The molecular formula is C29H29F2N3O3. The minimum Gasteiger partial charge on any atom is -0.496 e. The summed E-state index contributed by atoms with van der Waals surface area (Å²) in [5, 5.41) is 9.48. The summed E-state index contributed by atoms with van der Waals surface area (Å²) in [6, 6.07) is 9.24. The van der Waals surface area contributed by atoms with E-state index in [9.17, 15) is 18.8 Å². The van der Waals surface area contributed by atoms with Crippen molar-refractivity contribution in [3.05, 3.63) is 66.2 Å². The lowest BCUT2D eigenvalue weighted by atomic mass is 9.87. The lowest BCUT2D eigenvalue weighted by molar-refractivity contribution is 0.0940. The Morgan fingerprint density at radius 2 is 2.11 bits per heavy atom. The number of ether oxygens (including phenoxy) is 2. The number of methoxy groups -OCH3 is 1. The quantitative estimate of drug-likeness (QED) is 0.219. The van der Waals surface area contributed by atoms with Gasteiger partial charge in [0.2, 0.25) is 0 Å². The number of Topliss-reactive ketones (excluding diaryl/α,β-unsaturated/α-hetero) is 1. The molecule has 3 aromatic rings. The number of benzene rings is 1. The Hall–Kier alpha value is -3.95. The molecular weight excluding hydrogens is 476 g/mol. The number of aromatic nitrogens is 2. The predicted octanol–water partition coefficient (Wildman–Crippen LogP) is 6.54. The SMILES string of the molecule is C=C=CC(F)Oc1cc(-c2cnc3cc(C(C)(C)C#N)ccn23)cc(OC)c1C(=O)CCC[C@H]1C[C@@H]1F. The number of alkyl halides is 2. The monoisotopic (exact) mass is 505 g/mol. The third-order valence-corrected chi connectivity index (χ3v) is 6.68. The Kier molecular flexibility index (Phi) is 7.47. The molecule has 0 bridgehead atoms. The van der Waals surface area contributed by atoms with E-state index in [0.29, 0.717) is 36.2 Å². The molecule has 192 valence electrons. The number of nitrogens with zero attached hydrogens (tertiary/aromatic N) is 3. The Labute approximate surface area is 214 Å². The first-order valence-electron chi connectivity index (χ1n) is 12.1. The van der Waals surface area contributed by atoms with E-state index in [0.717, 1.165) is 11.6 Å². The molecule has 0 N–H and O–H groups in total. The summed E-state index contributed by atoms with van der Waals surface area (Å²) in [5.41, 5.74) is 4.50. The molecule has 2 heterocycles. The number of imidazole rings is 1. The van der Waals surface area contributed by atoms with Crippen LogP contribution in [0.15, 0.2) is 55.0 Å². The van der Waals surface area contributed by atoms with Crippen LogP contribution in [-0.4, -0.2) is 34.8 Å². The highest BCUT2D eigenvalue weighted by molar-refractivity contribution is 6.02. The van der Waals surface area contributed by atoms with Gasteiger partial charge in [0.1, 0.15) is 28.9 Å². The Morgan fingerprint density at radius 3 is 2.76 bits per heavy atom. The smallest absolute Gasteiger partial charge is 0.264 e. The molecule has 0 aliphatic heterocycles. The van der Waals surface area contributed by atoms with Gasteiger partial charge < -0.3 is 9.47 Å². The van der Waals surface area contributed by atoms with Crippen LogP contribution >= 0.6 is 0 Å². The van der Waals surface area contributed by atoms with Crippen molar-refractivity contribution in [2.45, 2.75) is 57.5 Å². The van der Waals surface area contributed by atoms with E-state index in [2.05, 4.69) is 23.4 Å². The third kappa shape index (κ3) is 5.58. The summed E-state index contributed by atoms with van der Waals surface area (Å²) < 4.78 is 40.5. The number of pyridine rings is 1. The van der Waals surface area contributed by atoms with Crippen LogP contribution < -0.4 is 9.47 Å². The maximum Gasteiger partial charge on any atom is 0.264 e. The van der Waals surface area contributed by atoms with Crippen LogP contribution in [0.2, 0.25) is 0 Å². The number of hydrogen-bond donors (Lipinski definition) is 0. The summed E-state index contributed by atoms with van der Waals surface area (Å²) in [4.78, 5) is 17.7. The van der Waals surface area contributed by atoms with Gasteiger partial charge in [0.05, 0.1) is 30.5 Å². The predicted molar refractivity (Wildman–Crippen MR) is 136 cm³/mol. The molecule has 0 radical (unpaired) electrons. The highest BCUT2D eigenvalue weighted by atomic mass is 19.1. The molecule has 0 saturated heterocycles. The average Bonchev–Trinajstić information content (AvgIpc) is 3.41. The van der Waals surface area contributed by atoms with Gasteiger partial charge in [-0.25, -0.2) is 9.37 Å². The van der Waals surface area contributed by atoms with Crippen LogP contribution in [0.5, 0.6) is 11.5 Å². The molecule has 3 atom stereocenters. The van der Waals surface area contributed by atoms with Gasteiger partial charge in [-0.3, -0.25) is 9.20 Å². The maximum absolute atomic E-state index is 14.5. The number of ketones is 1. The molecule has 0 amide bonds. The topological polar surface area (TPSA) is 76.6 Å². The number of nitriles is 1. The highest BCUT2D eigenvalue weighted by Gasteiger charge is 2.36. The molecule has 4 rings (SSSR count). The fourth-order valence-corrected chi connectivity index (χ4v) is 4.32. The zero-order valence-corrected chi connectivity index (χ0v) is 21.1. The third-order valence-electron chi connectivity index (χ3n) is 6.68. The summed E-state index contributed by atoms with van der Waals surface area (Å²) in [5.74, 6) is 0.00507. The van der Waals surface area contributed by atoms with Gasteiger partial charge in [-0.15, -0.1) is 5.73 Å². The van der Waals surface area contributed by atoms with E-state index in [1.165, 1.54) is 7.11 Å². The van der Waals surface area contributed by atoms with Crippen molar-refractivity contribution >= 4 is 11.4 Å². The first-order valence-corrected chi connectivity index (χ1v) is 12.1. The first kappa shape index (κ1) is 26.1. The molecule has 6 nitrogen and oxygen atoms in total. The zero-order chi connectivity index (χ0) is 26.7. The minimum absolute atomic E-state index is 0.0188. The van der Waals surface area contributed by atoms with Gasteiger partial charge in [-0.1, -0.05) is 6.58 Å². The lowest BCUT2D eigenvalue weighted by Crippen LogP contribution is -2.14. The van der Waals surface area contributed by atoms with Gasteiger partial charge in [-0.05, 0) is 68.9 Å². The van der Waals surface area contributed by atoms with Crippen molar-refractivity contribution in [3.8, 4) is 28.8 Å². The van der Waals surface area contributed by atoms with Crippen LogP contribution in [0.25, 0.3) is 16.9 Å². The van der Waals surface area contributed by atoms with E-state index >= 15 is 0 Å². The van der Waals surface area contributed by atoms with Crippen LogP contribution in [0, 0.1) is 17.2 Å². The minimum atomic E-state index is -1.87. The van der Waals surface area contributed by atoms with Crippen molar-refractivity contribution in [3.63, 3.8) is 0 Å². The van der Waals surface area contributed by atoms with E-state index in [4.69, 9.17) is 9.47 Å². The molecule has 1 fully saturated rings. The molecule has 1 aromatic carbocycles. The van der Waals surface area contributed by atoms with Gasteiger partial charge >= 0.3 is 0 Å². The molecule has 37 heavy (non-hydrogen) atoms. The van der Waals surface area contributed by atoms with Gasteiger partial charge in [0.25, 0.3) is 6.36 Å². The number of fused-ring (bicyclic) bond motifs is 1. The molecule has 1 aliphatic rings. The van der Waals surface area contributed by atoms with Crippen LogP contribution in [0.1, 0.15) is 55.5 Å². The first-order chi connectivity index (χ1) is 17.7. The molecule has 1 aliphatic carbocycles. The van der Waals surface area contributed by atoms with Crippen LogP contribution in [0.3, 0.4) is 0 Å². The lowest BCUT2D eigenvalue weighted by Gasteiger charge is -2.18. The van der Waals surface area contributed by atoms with Crippen LogP contribution in [0.4, 0.5) is 8.78 Å². The number of halogens is 2. The fourth-order valence-electron chi connectivity index (χ4n) is 4.32. The van der Waals surface area contributed by atoms with Gasteiger partial charge in [0.15, 0.2) is 5.78 Å². The number of rotatable bonds is 11. The molecule has 1 unspecified atom stereocenters. The molecule has 2 aromatic heterocycles.